The monoisotopic (exact) mass is 356 g/mol. The molecule has 0 unspecified atom stereocenters. The Morgan fingerprint density at radius 2 is 1.79 bits per heavy atom. The van der Waals surface area contributed by atoms with Gasteiger partial charge in [-0.25, -0.2) is 8.42 Å². The molecule has 24 heavy (non-hydrogen) atoms. The summed E-state index contributed by atoms with van der Waals surface area (Å²) in [5, 5.41) is 0. The highest BCUT2D eigenvalue weighted by Gasteiger charge is 2.26. The van der Waals surface area contributed by atoms with Crippen LogP contribution in [0.5, 0.6) is 0 Å². The van der Waals surface area contributed by atoms with Gasteiger partial charge in [-0.1, -0.05) is 12.1 Å². The molecule has 2 N–H and O–H groups in total. The first-order valence-electron chi connectivity index (χ1n) is 7.50. The molecule has 1 saturated heterocycles. The number of carbonyl (C=O) groups excluding carboxylic acids is 2. The second kappa shape index (κ2) is 8.22. The Kier molecular flexibility index (Phi) is 6.29. The number of amides is 1. The average molecular weight is 356 g/mol. The summed E-state index contributed by atoms with van der Waals surface area (Å²) in [5.74, 6) is -1.24. The third kappa shape index (κ3) is 5.02. The maximum Gasteiger partial charge on any atom is 0.306 e. The van der Waals surface area contributed by atoms with Gasteiger partial charge in [0, 0.05) is 19.5 Å². The molecule has 2 rings (SSSR count). The van der Waals surface area contributed by atoms with Crippen LogP contribution in [0.25, 0.3) is 0 Å². The van der Waals surface area contributed by atoms with Crippen molar-refractivity contribution in [3.63, 3.8) is 0 Å². The van der Waals surface area contributed by atoms with Gasteiger partial charge in [-0.15, -0.1) is 0 Å². The van der Waals surface area contributed by atoms with Crippen LogP contribution in [-0.4, -0.2) is 57.5 Å². The van der Waals surface area contributed by atoms with E-state index in [0.717, 1.165) is 5.56 Å². The lowest BCUT2D eigenvalue weighted by Crippen LogP contribution is -2.40. The van der Waals surface area contributed by atoms with Crippen LogP contribution in [0, 0.1) is 0 Å². The number of benzene rings is 1. The van der Waals surface area contributed by atoms with Gasteiger partial charge in [0.05, 0.1) is 18.1 Å². The van der Waals surface area contributed by atoms with Crippen molar-refractivity contribution in [2.45, 2.75) is 17.7 Å². The summed E-state index contributed by atoms with van der Waals surface area (Å²) < 4.78 is 36.1. The summed E-state index contributed by atoms with van der Waals surface area (Å²) in [4.78, 5) is 22.1. The van der Waals surface area contributed by atoms with E-state index < -0.39 is 28.5 Å². The van der Waals surface area contributed by atoms with E-state index in [-0.39, 0.29) is 11.3 Å². The lowest BCUT2D eigenvalue weighted by molar-refractivity contribution is -0.147. The van der Waals surface area contributed by atoms with Gasteiger partial charge in [-0.3, -0.25) is 9.59 Å². The molecule has 1 aromatic carbocycles. The number of morpholine rings is 1. The zero-order valence-corrected chi connectivity index (χ0v) is 14.0. The van der Waals surface area contributed by atoms with Crippen molar-refractivity contribution in [2.24, 2.45) is 5.73 Å². The van der Waals surface area contributed by atoms with E-state index in [4.69, 9.17) is 10.5 Å². The van der Waals surface area contributed by atoms with E-state index in [1.54, 1.807) is 12.1 Å². The van der Waals surface area contributed by atoms with Crippen molar-refractivity contribution in [1.82, 2.24) is 4.31 Å². The number of nitrogens with zero attached hydrogens (tertiary/aromatic N) is 1. The molecule has 0 spiro atoms. The molecular formula is C15H20N2O6S. The van der Waals surface area contributed by atoms with E-state index in [2.05, 4.69) is 4.74 Å². The number of hydrogen-bond donors (Lipinski definition) is 1. The number of sulfonamides is 1. The van der Waals surface area contributed by atoms with E-state index >= 15 is 0 Å². The molecule has 0 aliphatic carbocycles. The fraction of sp³-hybridized carbons (Fsp3) is 0.467. The van der Waals surface area contributed by atoms with Crippen molar-refractivity contribution in [1.29, 1.82) is 0 Å². The van der Waals surface area contributed by atoms with Crippen molar-refractivity contribution in [3.05, 3.63) is 29.8 Å². The standard InChI is InChI=1S/C15H20N2O6S/c16-14(18)11-23-15(19)6-3-12-1-4-13(5-2-12)24(20,21)17-7-9-22-10-8-17/h1-2,4-5H,3,6-11H2,(H2,16,18). The maximum atomic E-state index is 12.5. The molecule has 1 aliphatic heterocycles. The van der Waals surface area contributed by atoms with Gasteiger partial charge < -0.3 is 15.2 Å². The average Bonchev–Trinajstić information content (AvgIpc) is 2.59. The quantitative estimate of drug-likeness (QED) is 0.669. The number of carbonyl (C=O) groups is 2. The third-order valence-electron chi connectivity index (χ3n) is 3.52. The predicted octanol–water partition coefficient (Wildman–Crippen LogP) is -0.331. The lowest BCUT2D eigenvalue weighted by Gasteiger charge is -2.26. The smallest absolute Gasteiger partial charge is 0.306 e. The number of ether oxygens (including phenoxy) is 2. The molecule has 0 aromatic heterocycles. The van der Waals surface area contributed by atoms with Gasteiger partial charge in [0.1, 0.15) is 0 Å². The minimum absolute atomic E-state index is 0.0862. The van der Waals surface area contributed by atoms with E-state index in [9.17, 15) is 18.0 Å². The summed E-state index contributed by atoms with van der Waals surface area (Å²) >= 11 is 0. The molecule has 1 aliphatic rings. The molecule has 9 heteroatoms. The number of esters is 1. The van der Waals surface area contributed by atoms with Gasteiger partial charge in [-0.2, -0.15) is 4.31 Å². The van der Waals surface area contributed by atoms with E-state index in [1.807, 2.05) is 0 Å². The Labute approximate surface area is 140 Å². The topological polar surface area (TPSA) is 116 Å². The van der Waals surface area contributed by atoms with Crippen molar-refractivity contribution in [3.8, 4) is 0 Å². The first kappa shape index (κ1) is 18.4. The Hall–Kier alpha value is -1.97. The van der Waals surface area contributed by atoms with Gasteiger partial charge in [-0.05, 0) is 24.1 Å². The van der Waals surface area contributed by atoms with Gasteiger partial charge in [0.15, 0.2) is 6.61 Å². The van der Waals surface area contributed by atoms with Gasteiger partial charge in [0.25, 0.3) is 5.91 Å². The Bertz CT molecular complexity index is 680. The lowest BCUT2D eigenvalue weighted by atomic mass is 10.1. The molecule has 1 amide bonds. The van der Waals surface area contributed by atoms with Gasteiger partial charge >= 0.3 is 5.97 Å². The highest BCUT2D eigenvalue weighted by molar-refractivity contribution is 7.89. The largest absolute Gasteiger partial charge is 0.456 e. The molecule has 1 aromatic rings. The summed E-state index contributed by atoms with van der Waals surface area (Å²) in [6, 6.07) is 6.37. The van der Waals surface area contributed by atoms with Crippen LogP contribution in [0.15, 0.2) is 29.2 Å². The second-order valence-electron chi connectivity index (χ2n) is 5.29. The molecule has 0 bridgehead atoms. The summed E-state index contributed by atoms with van der Waals surface area (Å²) in [6.45, 7) is 1.04. The predicted molar refractivity (Wildman–Crippen MR) is 84.5 cm³/mol. The molecule has 8 nitrogen and oxygen atoms in total. The first-order chi connectivity index (χ1) is 11.4. The fourth-order valence-corrected chi connectivity index (χ4v) is 3.64. The summed E-state index contributed by atoms with van der Waals surface area (Å²) in [7, 11) is -3.52. The highest BCUT2D eigenvalue weighted by atomic mass is 32.2. The zero-order chi connectivity index (χ0) is 17.6. The third-order valence-corrected chi connectivity index (χ3v) is 5.44. The van der Waals surface area contributed by atoms with Crippen LogP contribution in [0.3, 0.4) is 0 Å². The molecule has 0 radical (unpaired) electrons. The normalized spacial score (nSPS) is 15.8. The van der Waals surface area contributed by atoms with Crippen molar-refractivity contribution < 1.29 is 27.5 Å². The van der Waals surface area contributed by atoms with Crippen LogP contribution in [0.2, 0.25) is 0 Å². The minimum Gasteiger partial charge on any atom is -0.456 e. The number of primary amides is 1. The Balaban J connectivity index is 1.92. The van der Waals surface area contributed by atoms with Crippen LogP contribution in [0.4, 0.5) is 0 Å². The van der Waals surface area contributed by atoms with Crippen LogP contribution >= 0.6 is 0 Å². The number of hydrogen-bond acceptors (Lipinski definition) is 6. The van der Waals surface area contributed by atoms with Crippen molar-refractivity contribution >= 4 is 21.9 Å². The Morgan fingerprint density at radius 1 is 1.17 bits per heavy atom. The van der Waals surface area contributed by atoms with Crippen LogP contribution in [-0.2, 0) is 35.5 Å². The number of rotatable bonds is 7. The zero-order valence-electron chi connectivity index (χ0n) is 13.1. The van der Waals surface area contributed by atoms with E-state index in [1.165, 1.54) is 16.4 Å². The first-order valence-corrected chi connectivity index (χ1v) is 8.94. The maximum absolute atomic E-state index is 12.5. The molecule has 0 atom stereocenters. The molecular weight excluding hydrogens is 336 g/mol. The summed E-state index contributed by atoms with van der Waals surface area (Å²) in [5.41, 5.74) is 5.68. The van der Waals surface area contributed by atoms with Crippen LogP contribution < -0.4 is 5.73 Å². The van der Waals surface area contributed by atoms with Crippen LogP contribution in [0.1, 0.15) is 12.0 Å². The number of nitrogens with two attached hydrogens (primary N) is 1. The minimum atomic E-state index is -3.52. The second-order valence-corrected chi connectivity index (χ2v) is 7.23. The fourth-order valence-electron chi connectivity index (χ4n) is 2.23. The molecule has 1 heterocycles. The molecule has 132 valence electrons. The highest BCUT2D eigenvalue weighted by Crippen LogP contribution is 2.18. The Morgan fingerprint density at radius 3 is 2.38 bits per heavy atom. The molecule has 1 fully saturated rings. The van der Waals surface area contributed by atoms with E-state index in [0.29, 0.717) is 32.7 Å². The summed E-state index contributed by atoms with van der Waals surface area (Å²) in [6.07, 6.45) is 0.471. The van der Waals surface area contributed by atoms with Gasteiger partial charge in [0.2, 0.25) is 10.0 Å². The van der Waals surface area contributed by atoms with Crippen molar-refractivity contribution in [2.75, 3.05) is 32.9 Å². The molecule has 0 saturated carbocycles. The number of aryl methyl sites for hydroxylation is 1. The SMILES string of the molecule is NC(=O)COC(=O)CCc1ccc(S(=O)(=O)N2CCOCC2)cc1.